The van der Waals surface area contributed by atoms with Gasteiger partial charge in [0.05, 0.1) is 36.0 Å². The van der Waals surface area contributed by atoms with Gasteiger partial charge in [0.1, 0.15) is 28.8 Å². The topological polar surface area (TPSA) is 128 Å². The van der Waals surface area contributed by atoms with Crippen molar-refractivity contribution in [2.24, 2.45) is 5.92 Å². The van der Waals surface area contributed by atoms with Gasteiger partial charge in [0.25, 0.3) is 5.91 Å². The van der Waals surface area contributed by atoms with E-state index >= 15 is 0 Å². The van der Waals surface area contributed by atoms with Gasteiger partial charge in [-0.2, -0.15) is 9.97 Å². The minimum absolute atomic E-state index is 0.0223. The van der Waals surface area contributed by atoms with Crippen LogP contribution in [0.15, 0.2) is 36.5 Å². The second-order valence-corrected chi connectivity index (χ2v) is 11.0. The normalized spacial score (nSPS) is 12.6. The lowest BCUT2D eigenvalue weighted by Gasteiger charge is -2.21. The summed E-state index contributed by atoms with van der Waals surface area (Å²) < 4.78 is 34.9. The Hall–Kier alpha value is -4.78. The van der Waals surface area contributed by atoms with Crippen LogP contribution in [-0.2, 0) is 11.2 Å². The van der Waals surface area contributed by atoms with Crippen LogP contribution >= 0.6 is 0 Å². The number of hydrogen-bond acceptors (Lipinski definition) is 8. The fraction of sp³-hybridized carbons (Fsp3) is 0.333. The van der Waals surface area contributed by atoms with Crippen LogP contribution in [0.1, 0.15) is 29.8 Å². The van der Waals surface area contributed by atoms with Gasteiger partial charge in [0.15, 0.2) is 0 Å². The molecule has 0 unspecified atom stereocenters. The summed E-state index contributed by atoms with van der Waals surface area (Å²) in [4.78, 5) is 41.5. The molecule has 4 N–H and O–H groups in total. The highest BCUT2D eigenvalue weighted by Gasteiger charge is 2.27. The Bertz CT molecular complexity index is 1690. The van der Waals surface area contributed by atoms with E-state index in [1.807, 2.05) is 45.0 Å². The second-order valence-electron chi connectivity index (χ2n) is 11.0. The number of nitrogens with zero attached hydrogens (tertiary/aromatic N) is 4. The number of hydrogen-bond donors (Lipinski definition) is 4. The first-order valence-corrected chi connectivity index (χ1v) is 13.9. The largest absolute Gasteiger partial charge is 0.495 e. The monoisotopic (exact) mass is 592 g/mol. The highest BCUT2D eigenvalue weighted by atomic mass is 19.1. The van der Waals surface area contributed by atoms with Gasteiger partial charge in [-0.05, 0) is 56.3 Å². The number of rotatable bonds is 10. The van der Waals surface area contributed by atoms with Crippen molar-refractivity contribution in [2.45, 2.75) is 20.3 Å². The highest BCUT2D eigenvalue weighted by Crippen LogP contribution is 2.39. The van der Waals surface area contributed by atoms with E-state index in [2.05, 4.69) is 30.9 Å². The van der Waals surface area contributed by atoms with E-state index in [1.165, 1.54) is 0 Å². The lowest BCUT2D eigenvalue weighted by atomic mass is 10.1. The van der Waals surface area contributed by atoms with Gasteiger partial charge >= 0.3 is 0 Å². The molecule has 0 saturated heterocycles. The third-order valence-electron chi connectivity index (χ3n) is 6.92. The first kappa shape index (κ1) is 29.7. The summed E-state index contributed by atoms with van der Waals surface area (Å²) >= 11 is 0. The van der Waals surface area contributed by atoms with Crippen LogP contribution < -0.4 is 25.6 Å². The SMILES string of the molecule is COc1cc2c(cc1Nc1nc(Nc3cc(F)cc(F)c3C(=O)NCC(C)C)c3cc[nH]c3n1)N(C(=O)CN(C)C)CC2. The van der Waals surface area contributed by atoms with E-state index in [4.69, 9.17) is 4.74 Å². The molecule has 0 bridgehead atoms. The molecule has 0 saturated carbocycles. The standard InChI is InChI=1S/C30H34F2N8O3/c1-16(2)14-34-29(42)26-20(32)11-18(31)12-22(26)35-28-19-6-8-33-27(19)37-30(38-28)36-21-13-23-17(10-24(21)43-5)7-9-40(23)25(41)15-39(3)4/h6,8,10-13,16H,7,9,14-15H2,1-5H3,(H,34,42)(H3,33,35,36,37,38). The molecule has 11 nitrogen and oxygen atoms in total. The number of aromatic amines is 1. The molecule has 1 aliphatic rings. The number of carbonyl (C=O) groups excluding carboxylic acids is 2. The lowest BCUT2D eigenvalue weighted by molar-refractivity contribution is -0.119. The van der Waals surface area contributed by atoms with Crippen molar-refractivity contribution in [2.75, 3.05) is 56.4 Å². The molecular weight excluding hydrogens is 558 g/mol. The number of methoxy groups -OCH3 is 1. The van der Waals surface area contributed by atoms with Crippen molar-refractivity contribution >= 4 is 51.7 Å². The van der Waals surface area contributed by atoms with E-state index in [0.717, 1.165) is 17.3 Å². The summed E-state index contributed by atoms with van der Waals surface area (Å²) in [6.07, 6.45) is 2.35. The molecule has 5 rings (SSSR count). The Labute approximate surface area is 247 Å². The van der Waals surface area contributed by atoms with Crippen LogP contribution in [0.25, 0.3) is 11.0 Å². The van der Waals surface area contributed by atoms with Crippen LogP contribution in [0, 0.1) is 17.6 Å². The van der Waals surface area contributed by atoms with Gasteiger partial charge in [-0.1, -0.05) is 13.8 Å². The van der Waals surface area contributed by atoms with E-state index in [9.17, 15) is 18.4 Å². The van der Waals surface area contributed by atoms with Gasteiger partial charge in [-0.3, -0.25) is 9.59 Å². The summed E-state index contributed by atoms with van der Waals surface area (Å²) in [5, 5.41) is 9.33. The Morgan fingerprint density at radius 3 is 2.63 bits per heavy atom. The minimum atomic E-state index is -1.00. The van der Waals surface area contributed by atoms with Crippen LogP contribution in [0.3, 0.4) is 0 Å². The molecule has 3 heterocycles. The molecule has 0 atom stereocenters. The average Bonchev–Trinajstić information content (AvgIpc) is 3.57. The third-order valence-corrected chi connectivity index (χ3v) is 6.92. The van der Waals surface area contributed by atoms with Gasteiger partial charge in [0.2, 0.25) is 11.9 Å². The number of nitrogens with one attached hydrogen (secondary N) is 4. The Kier molecular flexibility index (Phi) is 8.44. The van der Waals surface area contributed by atoms with Gasteiger partial charge in [-0.25, -0.2) is 8.78 Å². The lowest BCUT2D eigenvalue weighted by Crippen LogP contribution is -2.36. The molecule has 2 amide bonds. The van der Waals surface area contributed by atoms with Crippen molar-refractivity contribution in [3.05, 3.63) is 59.3 Å². The quantitative estimate of drug-likeness (QED) is 0.211. The summed E-state index contributed by atoms with van der Waals surface area (Å²) in [6.45, 7) is 4.97. The predicted molar refractivity (Wildman–Crippen MR) is 162 cm³/mol. The van der Waals surface area contributed by atoms with Crippen molar-refractivity contribution in [3.63, 3.8) is 0 Å². The molecule has 2 aromatic carbocycles. The van der Waals surface area contributed by atoms with Crippen LogP contribution in [0.4, 0.5) is 37.6 Å². The zero-order valence-corrected chi connectivity index (χ0v) is 24.6. The highest BCUT2D eigenvalue weighted by molar-refractivity contribution is 6.02. The fourth-order valence-electron chi connectivity index (χ4n) is 4.92. The number of aromatic nitrogens is 3. The number of H-pyrrole nitrogens is 1. The van der Waals surface area contributed by atoms with Gasteiger partial charge in [-0.15, -0.1) is 0 Å². The maximum absolute atomic E-state index is 14.9. The van der Waals surface area contributed by atoms with Crippen molar-refractivity contribution in [1.82, 2.24) is 25.2 Å². The van der Waals surface area contributed by atoms with E-state index < -0.39 is 17.5 Å². The summed E-state index contributed by atoms with van der Waals surface area (Å²) in [5.74, 6) is -1.54. The maximum atomic E-state index is 14.9. The number of ether oxygens (including phenoxy) is 1. The van der Waals surface area contributed by atoms with Crippen LogP contribution in [-0.4, -0.2) is 72.5 Å². The Morgan fingerprint density at radius 2 is 1.91 bits per heavy atom. The average molecular weight is 593 g/mol. The first-order valence-electron chi connectivity index (χ1n) is 13.9. The number of fused-ring (bicyclic) bond motifs is 2. The molecule has 13 heteroatoms. The Morgan fingerprint density at radius 1 is 1.12 bits per heavy atom. The summed E-state index contributed by atoms with van der Waals surface area (Å²) in [7, 11) is 5.23. The van der Waals surface area contributed by atoms with Gasteiger partial charge in [0, 0.05) is 31.0 Å². The van der Waals surface area contributed by atoms with Gasteiger partial charge < -0.3 is 35.5 Å². The van der Waals surface area contributed by atoms with Crippen molar-refractivity contribution in [3.8, 4) is 5.75 Å². The molecule has 0 aliphatic carbocycles. The maximum Gasteiger partial charge on any atom is 0.256 e. The molecule has 4 aromatic rings. The van der Waals surface area contributed by atoms with Crippen LogP contribution in [0.5, 0.6) is 5.75 Å². The zero-order valence-electron chi connectivity index (χ0n) is 24.6. The Balaban J connectivity index is 1.51. The molecule has 1 aliphatic heterocycles. The van der Waals surface area contributed by atoms with E-state index in [-0.39, 0.29) is 41.4 Å². The van der Waals surface area contributed by atoms with Crippen molar-refractivity contribution < 1.29 is 23.1 Å². The molecular formula is C30H34F2N8O3. The van der Waals surface area contributed by atoms with E-state index in [0.29, 0.717) is 48.0 Å². The predicted octanol–water partition coefficient (Wildman–Crippen LogP) is 4.57. The number of halogens is 2. The summed E-state index contributed by atoms with van der Waals surface area (Å²) in [6, 6.07) is 7.12. The number of amides is 2. The second kappa shape index (κ2) is 12.2. The molecule has 0 spiro atoms. The summed E-state index contributed by atoms with van der Waals surface area (Å²) in [5.41, 5.74) is 2.28. The third kappa shape index (κ3) is 6.36. The van der Waals surface area contributed by atoms with Crippen molar-refractivity contribution in [1.29, 1.82) is 0 Å². The zero-order chi connectivity index (χ0) is 30.8. The molecule has 2 aromatic heterocycles. The molecule has 43 heavy (non-hydrogen) atoms. The van der Waals surface area contributed by atoms with E-state index in [1.54, 1.807) is 24.3 Å². The number of likely N-dealkylation sites (N-methyl/N-ethyl adjacent to an activating group) is 1. The van der Waals surface area contributed by atoms with Crippen LogP contribution in [0.2, 0.25) is 0 Å². The molecule has 0 radical (unpaired) electrons. The number of carbonyl (C=O) groups is 2. The first-order chi connectivity index (χ1) is 20.5. The minimum Gasteiger partial charge on any atom is -0.495 e. The fourth-order valence-corrected chi connectivity index (χ4v) is 4.92. The smallest absolute Gasteiger partial charge is 0.256 e. The number of benzene rings is 2. The number of anilines is 5. The molecule has 0 fully saturated rings. The molecule has 226 valence electrons.